The minimum atomic E-state index is -0.987. The fourth-order valence-corrected chi connectivity index (χ4v) is 5.33. The number of fused-ring (bicyclic) bond motifs is 2. The van der Waals surface area contributed by atoms with Gasteiger partial charge >= 0.3 is 6.09 Å². The van der Waals surface area contributed by atoms with E-state index in [1.165, 1.54) is 32.3 Å². The Balaban J connectivity index is 2.62. The van der Waals surface area contributed by atoms with Gasteiger partial charge in [0.25, 0.3) is 5.91 Å². The summed E-state index contributed by atoms with van der Waals surface area (Å²) in [6, 6.07) is 0. The molecule has 2 rings (SSSR count). The lowest BCUT2D eigenvalue weighted by atomic mass is 9.84. The Labute approximate surface area is 240 Å². The molecule has 0 spiro atoms. The van der Waals surface area contributed by atoms with E-state index in [9.17, 15) is 19.2 Å². The molecule has 1 aliphatic carbocycles. The second kappa shape index (κ2) is 15.1. The number of alkyl halides is 1. The van der Waals surface area contributed by atoms with E-state index in [1.807, 2.05) is 19.9 Å². The molecule has 1 unspecified atom stereocenters. The van der Waals surface area contributed by atoms with Gasteiger partial charge in [0.2, 0.25) is 5.78 Å². The second-order valence-electron chi connectivity index (χ2n) is 9.99. The van der Waals surface area contributed by atoms with Crippen LogP contribution in [0.2, 0.25) is 0 Å². The maximum absolute atomic E-state index is 13.4. The predicted octanol–water partition coefficient (Wildman–Crippen LogP) is 3.31. The normalized spacial score (nSPS) is 34.4. The smallest absolute Gasteiger partial charge is 0.405 e. The first-order chi connectivity index (χ1) is 18.8. The van der Waals surface area contributed by atoms with Crippen molar-refractivity contribution in [1.29, 1.82) is 0 Å². The molecule has 2 aliphatic rings. The molecule has 2 amide bonds. The van der Waals surface area contributed by atoms with Gasteiger partial charge in [0, 0.05) is 44.5 Å². The molecule has 7 atom stereocenters. The lowest BCUT2D eigenvalue weighted by molar-refractivity contribution is -0.120. The van der Waals surface area contributed by atoms with E-state index in [-0.39, 0.29) is 28.7 Å². The first kappa shape index (κ1) is 33.2. The van der Waals surface area contributed by atoms with E-state index in [1.54, 1.807) is 27.2 Å². The molecular weight excluding hydrogens is 540 g/mol. The van der Waals surface area contributed by atoms with Gasteiger partial charge in [-0.05, 0) is 37.8 Å². The van der Waals surface area contributed by atoms with Crippen molar-refractivity contribution in [3.05, 3.63) is 58.9 Å². The van der Waals surface area contributed by atoms with Crippen LogP contribution in [0.15, 0.2) is 58.9 Å². The fourth-order valence-electron chi connectivity index (χ4n) is 5.00. The molecule has 0 aromatic heterocycles. The number of Topliss-reactive ketones (excluding diaryl/α,β-unsaturated/α-hetero) is 1. The molecule has 0 aromatic rings. The highest BCUT2D eigenvalue weighted by molar-refractivity contribution is 6.23. The minimum absolute atomic E-state index is 0.140. The average Bonchev–Trinajstić information content (AvgIpc) is 2.88. The largest absolute Gasteiger partial charge is 0.440 e. The molecule has 0 fully saturated rings. The number of carbonyl (C=O) groups excluding carboxylic acids is 4. The summed E-state index contributed by atoms with van der Waals surface area (Å²) in [6.07, 6.45) is 5.64. The lowest BCUT2D eigenvalue weighted by Gasteiger charge is -2.34. The summed E-state index contributed by atoms with van der Waals surface area (Å²) in [6.45, 7) is 7.12. The standard InChI is InChI=1S/C29H39ClN2O8/c1-15-9-8-10-21(30)26(40-29(31)36)16(2)11-17(3)27(39-7)23(37-5)12-18(4)25(38-6)20-13-19(33)14-22(24(20)34)32-28(15)35/h8-11,13-14,17-18,21,23,25-27H,12H2,1-7H3,(H2,31,36)(H,32,35)/b10-8+,15-9-,16-11+/t17-,18-,21?,23-,25+,26-,27+/m0/s1. The molecule has 1 heterocycles. The Kier molecular flexibility index (Phi) is 12.5. The van der Waals surface area contributed by atoms with Gasteiger partial charge in [0.15, 0.2) is 5.78 Å². The molecule has 40 heavy (non-hydrogen) atoms. The summed E-state index contributed by atoms with van der Waals surface area (Å²) < 4.78 is 22.7. The molecule has 3 N–H and O–H groups in total. The number of halogens is 1. The molecule has 0 aromatic carbocycles. The van der Waals surface area contributed by atoms with Crippen LogP contribution >= 0.6 is 11.6 Å². The monoisotopic (exact) mass is 578 g/mol. The summed E-state index contributed by atoms with van der Waals surface area (Å²) in [7, 11) is 4.58. The molecule has 11 heteroatoms. The highest BCUT2D eigenvalue weighted by Gasteiger charge is 2.36. The lowest BCUT2D eigenvalue weighted by Crippen LogP contribution is -2.40. The number of amides is 2. The maximum atomic E-state index is 13.4. The Hall–Kier alpha value is -3.05. The molecule has 0 saturated carbocycles. The van der Waals surface area contributed by atoms with Crippen LogP contribution in [0.5, 0.6) is 0 Å². The number of nitrogens with one attached hydrogen (secondary N) is 1. The van der Waals surface area contributed by atoms with Gasteiger partial charge in [-0.2, -0.15) is 0 Å². The van der Waals surface area contributed by atoms with E-state index in [2.05, 4.69) is 5.32 Å². The third-order valence-electron chi connectivity index (χ3n) is 6.99. The third kappa shape index (κ3) is 8.47. The number of allylic oxidation sites excluding steroid dienone is 5. The van der Waals surface area contributed by atoms with E-state index in [4.69, 9.17) is 36.3 Å². The van der Waals surface area contributed by atoms with Crippen molar-refractivity contribution >= 4 is 35.2 Å². The van der Waals surface area contributed by atoms with Crippen LogP contribution in [-0.4, -0.2) is 74.7 Å². The Morgan fingerprint density at radius 3 is 2.27 bits per heavy atom. The molecular formula is C29H39ClN2O8. The van der Waals surface area contributed by atoms with Crippen molar-refractivity contribution < 1.29 is 38.1 Å². The van der Waals surface area contributed by atoms with Crippen LogP contribution in [0, 0.1) is 11.8 Å². The van der Waals surface area contributed by atoms with Crippen LogP contribution in [0.3, 0.4) is 0 Å². The number of hydrogen-bond donors (Lipinski definition) is 2. The zero-order valence-corrected chi connectivity index (χ0v) is 24.7. The summed E-state index contributed by atoms with van der Waals surface area (Å²) in [5, 5.41) is 1.71. The van der Waals surface area contributed by atoms with Gasteiger partial charge in [0.1, 0.15) is 6.10 Å². The number of ether oxygens (including phenoxy) is 4. The summed E-state index contributed by atoms with van der Waals surface area (Å²) in [5.74, 6) is -2.06. The van der Waals surface area contributed by atoms with Gasteiger partial charge in [-0.25, -0.2) is 4.79 Å². The van der Waals surface area contributed by atoms with Crippen molar-refractivity contribution in [2.75, 3.05) is 21.3 Å². The van der Waals surface area contributed by atoms with E-state index in [0.717, 1.165) is 6.08 Å². The first-order valence-corrected chi connectivity index (χ1v) is 13.3. The highest BCUT2D eigenvalue weighted by atomic mass is 35.5. The van der Waals surface area contributed by atoms with Crippen molar-refractivity contribution in [2.24, 2.45) is 17.6 Å². The van der Waals surface area contributed by atoms with E-state index in [0.29, 0.717) is 12.0 Å². The highest BCUT2D eigenvalue weighted by Crippen LogP contribution is 2.30. The van der Waals surface area contributed by atoms with Crippen LogP contribution in [0.25, 0.3) is 0 Å². The topological polar surface area (TPSA) is 143 Å². The first-order valence-electron chi connectivity index (χ1n) is 12.9. The fraction of sp³-hybridized carbons (Fsp3) is 0.517. The number of hydrogen-bond acceptors (Lipinski definition) is 8. The number of ketones is 2. The van der Waals surface area contributed by atoms with Crippen LogP contribution in [0.1, 0.15) is 34.1 Å². The second-order valence-corrected chi connectivity index (χ2v) is 10.5. The molecule has 220 valence electrons. The Morgan fingerprint density at radius 1 is 1.02 bits per heavy atom. The minimum Gasteiger partial charge on any atom is -0.440 e. The van der Waals surface area contributed by atoms with Gasteiger partial charge in [-0.15, -0.1) is 11.6 Å². The van der Waals surface area contributed by atoms with Gasteiger partial charge < -0.3 is 30.0 Å². The number of rotatable bonds is 4. The SMILES string of the molecule is CO[C@H]1[C@@H](OC)C[C@H](C)[C@@H](OC)C2=CC(=O)C=C(NC(=O)/C(C)=C\C=C\C(Cl)[C@@H](OC(N)=O)/C(C)=C/[C@@H]1C)C2=O. The molecule has 0 radical (unpaired) electrons. The summed E-state index contributed by atoms with van der Waals surface area (Å²) in [5.41, 5.74) is 6.19. The van der Waals surface area contributed by atoms with Gasteiger partial charge in [-0.1, -0.05) is 38.2 Å². The molecule has 10 nitrogen and oxygen atoms in total. The van der Waals surface area contributed by atoms with Crippen LogP contribution in [-0.2, 0) is 33.3 Å². The van der Waals surface area contributed by atoms with Gasteiger partial charge in [-0.3, -0.25) is 14.4 Å². The molecule has 0 saturated heterocycles. The van der Waals surface area contributed by atoms with Crippen molar-refractivity contribution in [3.63, 3.8) is 0 Å². The van der Waals surface area contributed by atoms with E-state index >= 15 is 0 Å². The van der Waals surface area contributed by atoms with Crippen molar-refractivity contribution in [3.8, 4) is 0 Å². The predicted molar refractivity (Wildman–Crippen MR) is 150 cm³/mol. The van der Waals surface area contributed by atoms with Crippen LogP contribution in [0.4, 0.5) is 4.79 Å². The number of methoxy groups -OCH3 is 3. The van der Waals surface area contributed by atoms with Gasteiger partial charge in [0.05, 0.1) is 29.4 Å². The zero-order valence-electron chi connectivity index (χ0n) is 23.9. The number of nitrogens with two attached hydrogens (primary N) is 1. The summed E-state index contributed by atoms with van der Waals surface area (Å²) in [4.78, 5) is 50.4. The van der Waals surface area contributed by atoms with E-state index < -0.39 is 53.4 Å². The molecule has 1 aliphatic heterocycles. The maximum Gasteiger partial charge on any atom is 0.405 e. The Morgan fingerprint density at radius 2 is 1.70 bits per heavy atom. The molecule has 2 bridgehead atoms. The van der Waals surface area contributed by atoms with Crippen LogP contribution < -0.4 is 11.1 Å². The average molecular weight is 579 g/mol. The Bertz CT molecular complexity index is 1140. The quantitative estimate of drug-likeness (QED) is 0.294. The number of carbonyl (C=O) groups is 4. The zero-order chi connectivity index (χ0) is 30.1. The van der Waals surface area contributed by atoms with Crippen molar-refractivity contribution in [2.45, 2.75) is 63.9 Å². The van der Waals surface area contributed by atoms with Crippen molar-refractivity contribution in [1.82, 2.24) is 5.32 Å². The third-order valence-corrected chi connectivity index (χ3v) is 7.36. The number of primary amides is 1. The summed E-state index contributed by atoms with van der Waals surface area (Å²) >= 11 is 6.58.